The fourth-order valence-corrected chi connectivity index (χ4v) is 0.677. The minimum atomic E-state index is 0. The Morgan fingerprint density at radius 2 is 0.789 bits per heavy atom. The monoisotopic (exact) mass is 282 g/mol. The van der Waals surface area contributed by atoms with Crippen LogP contribution in [0.3, 0.4) is 0 Å². The second-order valence-corrected chi connectivity index (χ2v) is 2.26. The van der Waals surface area contributed by atoms with Gasteiger partial charge in [0.1, 0.15) is 0 Å². The smallest absolute Gasteiger partial charge is 0.222 e. The van der Waals surface area contributed by atoms with E-state index >= 15 is 0 Å². The third kappa shape index (κ3) is 479. The molecule has 0 saturated heterocycles. The molecule has 0 bridgehead atoms. The molecular formula is C15H42N2O2. The first-order chi connectivity index (χ1) is 6.24. The van der Waals surface area contributed by atoms with Gasteiger partial charge >= 0.3 is 0 Å². The van der Waals surface area contributed by atoms with Crippen LogP contribution in [0.1, 0.15) is 90.5 Å². The normalized spacial score (nSPS) is 4.32. The van der Waals surface area contributed by atoms with E-state index in [1.165, 1.54) is 32.1 Å². The molecule has 0 aliphatic carbocycles. The van der Waals surface area contributed by atoms with Crippen LogP contribution in [0.4, 0.5) is 0 Å². The predicted octanol–water partition coefficient (Wildman–Crippen LogP) is 6.60. The molecule has 0 fully saturated rings. The van der Waals surface area contributed by atoms with Gasteiger partial charge in [-0.2, -0.15) is 0 Å². The highest BCUT2D eigenvalue weighted by Gasteiger charge is 1.80. The number of carbonyl (C=O) groups excluding carboxylic acids is 2. The lowest BCUT2D eigenvalue weighted by atomic mass is 10.2. The molecule has 0 aliphatic rings. The Morgan fingerprint density at radius 1 is 0.632 bits per heavy atom. The van der Waals surface area contributed by atoms with Crippen LogP contribution in [0.15, 0.2) is 0 Å². The van der Waals surface area contributed by atoms with Crippen molar-refractivity contribution in [3.05, 3.63) is 0 Å². The van der Waals surface area contributed by atoms with Gasteiger partial charge in [-0.05, 0) is 0 Å². The van der Waals surface area contributed by atoms with Gasteiger partial charge in [-0.3, -0.25) is 0 Å². The Labute approximate surface area is 124 Å². The first kappa shape index (κ1) is 65.0. The van der Waals surface area contributed by atoms with Crippen LogP contribution in [0.5, 0.6) is 0 Å². The molecule has 0 rings (SSSR count). The molecule has 0 heterocycles. The van der Waals surface area contributed by atoms with Crippen LogP contribution < -0.4 is 0 Å². The molecule has 0 radical (unpaired) electrons. The molecular weight excluding hydrogens is 240 g/mol. The molecule has 0 aromatic heterocycles. The zero-order valence-electron chi connectivity index (χ0n) is 8.35. The van der Waals surface area contributed by atoms with Crippen molar-refractivity contribution in [3.63, 3.8) is 0 Å². The summed E-state index contributed by atoms with van der Waals surface area (Å²) in [5, 5.41) is 10.8. The first-order valence-corrected chi connectivity index (χ1v) is 4.32. The largest absolute Gasteiger partial charge is 0.231 e. The van der Waals surface area contributed by atoms with E-state index in [1.54, 1.807) is 0 Å². The van der Waals surface area contributed by atoms with Gasteiger partial charge in [-0.25, -0.2) is 20.4 Å². The summed E-state index contributed by atoms with van der Waals surface area (Å²) >= 11 is 0. The summed E-state index contributed by atoms with van der Waals surface area (Å²) in [7, 11) is 0. The van der Waals surface area contributed by atoms with Crippen LogP contribution in [0.25, 0.3) is 0 Å². The molecule has 4 nitrogen and oxygen atoms in total. The zero-order valence-corrected chi connectivity index (χ0v) is 8.35. The minimum Gasteiger partial charge on any atom is -0.222 e. The summed E-state index contributed by atoms with van der Waals surface area (Å²) < 4.78 is 0. The maximum absolute atomic E-state index is 8.35. The maximum Gasteiger partial charge on any atom is 0.231 e. The van der Waals surface area contributed by atoms with E-state index in [9.17, 15) is 0 Å². The van der Waals surface area contributed by atoms with E-state index in [2.05, 4.69) is 13.8 Å². The van der Waals surface area contributed by atoms with E-state index in [0.717, 1.165) is 12.2 Å². The Kier molecular flexibility index (Phi) is 429. The molecule has 19 heavy (non-hydrogen) atoms. The van der Waals surface area contributed by atoms with E-state index in [-0.39, 0.29) is 44.6 Å². The lowest BCUT2D eigenvalue weighted by Gasteiger charge is -1.90. The van der Waals surface area contributed by atoms with E-state index < -0.39 is 0 Å². The van der Waals surface area contributed by atoms with Gasteiger partial charge in [0.15, 0.2) is 0 Å². The SMILES string of the molecule is C.C.C.C.C.C.CCCCCCC.N=C=O.N=C=O. The summed E-state index contributed by atoms with van der Waals surface area (Å²) in [6, 6.07) is 0. The second kappa shape index (κ2) is 125. The van der Waals surface area contributed by atoms with Crippen molar-refractivity contribution in [1.82, 2.24) is 0 Å². The molecule has 0 atom stereocenters. The van der Waals surface area contributed by atoms with Gasteiger partial charge in [0, 0.05) is 0 Å². The lowest BCUT2D eigenvalue weighted by molar-refractivity contribution is 0.562. The Hall–Kier alpha value is -1.24. The van der Waals surface area contributed by atoms with Gasteiger partial charge < -0.3 is 0 Å². The highest BCUT2D eigenvalue weighted by Crippen LogP contribution is 2.00. The van der Waals surface area contributed by atoms with Crippen molar-refractivity contribution in [3.8, 4) is 0 Å². The highest BCUT2D eigenvalue weighted by molar-refractivity contribution is 5.26. The van der Waals surface area contributed by atoms with E-state index in [4.69, 9.17) is 20.4 Å². The van der Waals surface area contributed by atoms with Crippen molar-refractivity contribution in [2.24, 2.45) is 0 Å². The van der Waals surface area contributed by atoms with Gasteiger partial charge in [-0.15, -0.1) is 0 Å². The third-order valence-corrected chi connectivity index (χ3v) is 1.21. The maximum atomic E-state index is 8.35. The van der Waals surface area contributed by atoms with Gasteiger partial charge in [0.25, 0.3) is 0 Å². The van der Waals surface area contributed by atoms with Crippen LogP contribution >= 0.6 is 0 Å². The highest BCUT2D eigenvalue weighted by atomic mass is 16.1. The van der Waals surface area contributed by atoms with Gasteiger partial charge in [-0.1, -0.05) is 90.5 Å². The van der Waals surface area contributed by atoms with Crippen molar-refractivity contribution >= 4 is 12.2 Å². The van der Waals surface area contributed by atoms with Crippen molar-refractivity contribution in [2.75, 3.05) is 0 Å². The molecule has 0 aliphatic heterocycles. The molecule has 0 aromatic rings. The fourth-order valence-electron chi connectivity index (χ4n) is 0.677. The number of hydrogen-bond acceptors (Lipinski definition) is 4. The summed E-state index contributed by atoms with van der Waals surface area (Å²) in [6.07, 6.45) is 8.51. The molecule has 2 N–H and O–H groups in total. The van der Waals surface area contributed by atoms with Crippen LogP contribution in [0.2, 0.25) is 0 Å². The quantitative estimate of drug-likeness (QED) is 0.346. The first-order valence-electron chi connectivity index (χ1n) is 4.32. The minimum absolute atomic E-state index is 0. The summed E-state index contributed by atoms with van der Waals surface area (Å²) in [6.45, 7) is 4.49. The molecule has 124 valence electrons. The van der Waals surface area contributed by atoms with Crippen molar-refractivity contribution < 1.29 is 9.59 Å². The number of nitrogens with one attached hydrogen (secondary N) is 2. The van der Waals surface area contributed by atoms with E-state index in [0.29, 0.717) is 0 Å². The average Bonchev–Trinajstić information content (AvgIpc) is 2.08. The molecule has 0 amide bonds. The van der Waals surface area contributed by atoms with E-state index in [1.807, 2.05) is 0 Å². The molecule has 0 unspecified atom stereocenters. The number of unbranched alkanes of at least 4 members (excludes halogenated alkanes) is 4. The average molecular weight is 283 g/mol. The predicted molar refractivity (Wildman–Crippen MR) is 91.6 cm³/mol. The second-order valence-electron chi connectivity index (χ2n) is 2.26. The van der Waals surface area contributed by atoms with Crippen LogP contribution in [0, 0.1) is 10.8 Å². The fraction of sp³-hybridized carbons (Fsp3) is 0.867. The molecule has 0 spiro atoms. The number of rotatable bonds is 4. The standard InChI is InChI=1S/C7H16.2CHNO.6CH4/c1-3-5-7-6-4-2;2*2-1-3;;;;;;/h3-7H2,1-2H3;2*2H;6*1H4. The third-order valence-electron chi connectivity index (χ3n) is 1.21. The Bertz CT molecular complexity index is 121. The molecule has 0 aromatic carbocycles. The van der Waals surface area contributed by atoms with Gasteiger partial charge in [0.2, 0.25) is 12.2 Å². The molecule has 4 heteroatoms. The van der Waals surface area contributed by atoms with Crippen molar-refractivity contribution in [1.29, 1.82) is 10.8 Å². The molecule has 0 saturated carbocycles. The Morgan fingerprint density at radius 3 is 0.895 bits per heavy atom. The zero-order chi connectivity index (χ0) is 10.9. The summed E-state index contributed by atoms with van der Waals surface area (Å²) in [5.41, 5.74) is 0. The van der Waals surface area contributed by atoms with Crippen LogP contribution in [-0.2, 0) is 9.59 Å². The Balaban J connectivity index is -0.0000000107. The topological polar surface area (TPSA) is 81.8 Å². The summed E-state index contributed by atoms with van der Waals surface area (Å²) in [4.78, 5) is 16.7. The van der Waals surface area contributed by atoms with Gasteiger partial charge in [0.05, 0.1) is 0 Å². The number of isocyanates is 2. The van der Waals surface area contributed by atoms with Crippen LogP contribution in [-0.4, -0.2) is 12.2 Å². The summed E-state index contributed by atoms with van der Waals surface area (Å²) in [5.74, 6) is 0. The number of hydrogen-bond donors (Lipinski definition) is 2. The van der Waals surface area contributed by atoms with Crippen molar-refractivity contribution in [2.45, 2.75) is 90.5 Å². The lowest BCUT2D eigenvalue weighted by Crippen LogP contribution is -1.70.